The van der Waals surface area contributed by atoms with Crippen LogP contribution in [0.3, 0.4) is 0 Å². The molecule has 0 heterocycles. The molecule has 0 aliphatic heterocycles. The highest BCUT2D eigenvalue weighted by Gasteiger charge is 2.18. The zero-order valence-electron chi connectivity index (χ0n) is 20.8. The van der Waals surface area contributed by atoms with Gasteiger partial charge in [-0.2, -0.15) is 10.5 Å². The van der Waals surface area contributed by atoms with Gasteiger partial charge in [0.25, 0.3) is 0 Å². The number of nitrogens with zero attached hydrogens (tertiary/aromatic N) is 2. The molecular formula is C34H20N2O2. The van der Waals surface area contributed by atoms with Crippen molar-refractivity contribution in [2.45, 2.75) is 0 Å². The summed E-state index contributed by atoms with van der Waals surface area (Å²) in [6.07, 6.45) is 0. The first kappa shape index (κ1) is 21.9. The van der Waals surface area contributed by atoms with Gasteiger partial charge in [-0.1, -0.05) is 48.5 Å². The van der Waals surface area contributed by atoms with Gasteiger partial charge in [-0.3, -0.25) is 0 Å². The summed E-state index contributed by atoms with van der Waals surface area (Å²) in [4.78, 5) is 0. The van der Waals surface area contributed by atoms with Gasteiger partial charge in [0.1, 0.15) is 11.5 Å². The predicted octanol–water partition coefficient (Wildman–Crippen LogP) is 8.37. The first-order valence-corrected chi connectivity index (χ1v) is 12.3. The van der Waals surface area contributed by atoms with Crippen LogP contribution in [-0.4, -0.2) is 14.2 Å². The van der Waals surface area contributed by atoms with Crippen molar-refractivity contribution in [2.75, 3.05) is 14.2 Å². The molecule has 4 heteroatoms. The lowest BCUT2D eigenvalue weighted by Crippen LogP contribution is -1.91. The topological polar surface area (TPSA) is 66.0 Å². The van der Waals surface area contributed by atoms with E-state index in [9.17, 15) is 10.5 Å². The highest BCUT2D eigenvalue weighted by molar-refractivity contribution is 6.36. The Balaban J connectivity index is 1.83. The minimum Gasteiger partial charge on any atom is -0.497 e. The van der Waals surface area contributed by atoms with Crippen LogP contribution >= 0.6 is 0 Å². The second-order valence-electron chi connectivity index (χ2n) is 9.48. The zero-order chi connectivity index (χ0) is 26.0. The Morgan fingerprint density at radius 1 is 0.447 bits per heavy atom. The normalized spacial score (nSPS) is 11.4. The van der Waals surface area contributed by atoms with Crippen molar-refractivity contribution in [3.63, 3.8) is 0 Å². The summed E-state index contributed by atoms with van der Waals surface area (Å²) in [7, 11) is 3.33. The molecule has 7 rings (SSSR count). The van der Waals surface area contributed by atoms with Gasteiger partial charge < -0.3 is 9.47 Å². The molecule has 0 unspecified atom stereocenters. The van der Waals surface area contributed by atoms with Crippen LogP contribution in [0.4, 0.5) is 0 Å². The minimum absolute atomic E-state index is 0.636. The number of fused-ring (bicyclic) bond motifs is 11. The molecule has 178 valence electrons. The molecule has 7 aromatic rings. The molecule has 0 aliphatic rings. The molecule has 0 aliphatic carbocycles. The number of benzene rings is 7. The average molecular weight is 489 g/mol. The first-order valence-electron chi connectivity index (χ1n) is 12.3. The maximum Gasteiger partial charge on any atom is 0.119 e. The average Bonchev–Trinajstić information content (AvgIpc) is 2.98. The summed E-state index contributed by atoms with van der Waals surface area (Å²) >= 11 is 0. The lowest BCUT2D eigenvalue weighted by Gasteiger charge is -2.16. The maximum atomic E-state index is 10.1. The Hall–Kier alpha value is -5.32. The zero-order valence-corrected chi connectivity index (χ0v) is 20.8. The molecule has 0 bridgehead atoms. The van der Waals surface area contributed by atoms with E-state index in [1.165, 1.54) is 0 Å². The number of rotatable bonds is 2. The van der Waals surface area contributed by atoms with Crippen molar-refractivity contribution in [1.82, 2.24) is 0 Å². The van der Waals surface area contributed by atoms with Crippen molar-refractivity contribution < 1.29 is 9.47 Å². The van der Waals surface area contributed by atoms with Gasteiger partial charge in [0, 0.05) is 10.8 Å². The molecule has 0 fully saturated rings. The van der Waals surface area contributed by atoms with Gasteiger partial charge >= 0.3 is 0 Å². The number of nitriles is 2. The third kappa shape index (κ3) is 2.95. The molecule has 7 aromatic carbocycles. The Kier molecular flexibility index (Phi) is 4.67. The Bertz CT molecular complexity index is 2070. The fraction of sp³-hybridized carbons (Fsp3) is 0.0588. The third-order valence-corrected chi connectivity index (χ3v) is 7.64. The Morgan fingerprint density at radius 3 is 1.24 bits per heavy atom. The monoisotopic (exact) mass is 488 g/mol. The fourth-order valence-electron chi connectivity index (χ4n) is 5.92. The standard InChI is InChI=1S/C34H20N2O2/c1-37-25-7-11-27-19(15-25)5-9-29-23(17-35)13-21-3-4-22-14-24(18-36)30-10-6-20-16-26(38-2)8-12-28(20)34(30)32(22)31(21)33(27)29/h3-16H,1-2H3. The minimum atomic E-state index is 0.636. The van der Waals surface area contributed by atoms with Crippen LogP contribution in [0.1, 0.15) is 11.1 Å². The highest BCUT2D eigenvalue weighted by Crippen LogP contribution is 2.44. The van der Waals surface area contributed by atoms with Crippen molar-refractivity contribution in [3.05, 3.63) is 96.1 Å². The van der Waals surface area contributed by atoms with Crippen molar-refractivity contribution in [2.24, 2.45) is 0 Å². The van der Waals surface area contributed by atoms with Gasteiger partial charge in [-0.25, -0.2) is 0 Å². The molecule has 0 saturated carbocycles. The molecule has 0 atom stereocenters. The fourth-order valence-corrected chi connectivity index (χ4v) is 5.92. The molecular weight excluding hydrogens is 468 g/mol. The first-order chi connectivity index (χ1) is 18.6. The maximum absolute atomic E-state index is 10.1. The molecule has 0 aromatic heterocycles. The van der Waals surface area contributed by atoms with Gasteiger partial charge in [-0.15, -0.1) is 0 Å². The van der Waals surface area contributed by atoms with E-state index in [1.54, 1.807) is 14.2 Å². The van der Waals surface area contributed by atoms with Gasteiger partial charge in [0.05, 0.1) is 37.5 Å². The molecule has 38 heavy (non-hydrogen) atoms. The van der Waals surface area contributed by atoms with E-state index in [-0.39, 0.29) is 0 Å². The smallest absolute Gasteiger partial charge is 0.119 e. The summed E-state index contributed by atoms with van der Waals surface area (Å²) in [6.45, 7) is 0. The van der Waals surface area contributed by atoms with Gasteiger partial charge in [0.15, 0.2) is 0 Å². The Labute approximate surface area is 218 Å². The second-order valence-corrected chi connectivity index (χ2v) is 9.48. The summed E-state index contributed by atoms with van der Waals surface area (Å²) < 4.78 is 11.0. The van der Waals surface area contributed by atoms with Crippen molar-refractivity contribution in [1.29, 1.82) is 10.5 Å². The largest absolute Gasteiger partial charge is 0.497 e. The van der Waals surface area contributed by atoms with Crippen LogP contribution in [0.5, 0.6) is 11.5 Å². The number of methoxy groups -OCH3 is 2. The van der Waals surface area contributed by atoms with Gasteiger partial charge in [-0.05, 0) is 90.3 Å². The van der Waals surface area contributed by atoms with Crippen LogP contribution in [0.15, 0.2) is 84.9 Å². The van der Waals surface area contributed by atoms with Crippen LogP contribution < -0.4 is 9.47 Å². The van der Waals surface area contributed by atoms with E-state index in [0.717, 1.165) is 76.1 Å². The van der Waals surface area contributed by atoms with E-state index < -0.39 is 0 Å². The van der Waals surface area contributed by atoms with E-state index in [0.29, 0.717) is 11.1 Å². The number of ether oxygens (including phenoxy) is 2. The molecule has 0 amide bonds. The molecule has 0 N–H and O–H groups in total. The molecule has 4 nitrogen and oxygen atoms in total. The third-order valence-electron chi connectivity index (χ3n) is 7.64. The van der Waals surface area contributed by atoms with Crippen LogP contribution in [0.2, 0.25) is 0 Å². The van der Waals surface area contributed by atoms with Crippen LogP contribution in [0, 0.1) is 22.7 Å². The van der Waals surface area contributed by atoms with Crippen molar-refractivity contribution in [3.8, 4) is 23.6 Å². The lowest BCUT2D eigenvalue weighted by atomic mass is 9.86. The lowest BCUT2D eigenvalue weighted by molar-refractivity contribution is 0.415. The van der Waals surface area contributed by atoms with Crippen molar-refractivity contribution >= 4 is 64.6 Å². The molecule has 0 saturated heterocycles. The highest BCUT2D eigenvalue weighted by atomic mass is 16.5. The van der Waals surface area contributed by atoms with E-state index in [2.05, 4.69) is 36.4 Å². The van der Waals surface area contributed by atoms with Crippen LogP contribution in [-0.2, 0) is 0 Å². The van der Waals surface area contributed by atoms with E-state index in [1.807, 2.05) is 60.7 Å². The van der Waals surface area contributed by atoms with Gasteiger partial charge in [0.2, 0.25) is 0 Å². The van der Waals surface area contributed by atoms with E-state index in [4.69, 9.17) is 9.47 Å². The predicted molar refractivity (Wildman–Crippen MR) is 154 cm³/mol. The molecule has 0 radical (unpaired) electrons. The van der Waals surface area contributed by atoms with Crippen LogP contribution in [0.25, 0.3) is 64.6 Å². The summed E-state index contributed by atoms with van der Waals surface area (Å²) in [5, 5.41) is 32.3. The summed E-state index contributed by atoms with van der Waals surface area (Å²) in [5.41, 5.74) is 1.27. The number of hydrogen-bond donors (Lipinski definition) is 0. The number of hydrogen-bond acceptors (Lipinski definition) is 4. The molecule has 0 spiro atoms. The summed E-state index contributed by atoms with van der Waals surface area (Å²) in [6, 6.07) is 33.2. The Morgan fingerprint density at radius 2 is 0.842 bits per heavy atom. The quantitative estimate of drug-likeness (QED) is 0.229. The van der Waals surface area contributed by atoms with E-state index >= 15 is 0 Å². The second kappa shape index (κ2) is 8.10. The summed E-state index contributed by atoms with van der Waals surface area (Å²) in [5.74, 6) is 1.57. The SMILES string of the molecule is COc1ccc2c(ccc3c(C#N)cc4ccc5cc(C#N)c6ccc7cc(OC)ccc7c6c5c4c32)c1.